The third kappa shape index (κ3) is 7.85. The number of alkyl carbamates (subject to hydrolysis) is 2. The van der Waals surface area contributed by atoms with E-state index in [1.165, 1.54) is 97.3 Å². The molecular weight excluding hydrogens is 881 g/mol. The monoisotopic (exact) mass is 947 g/mol. The standard InChI is InChI=1S/C56H66N8O6/c1-29(2)49(61-55(67)69-5)53(65)63-23-7-9-43(63)51-57-27-41(59-51)32-13-11-31(12-14-32)37-19-20-38(46-34-16-15-33(25-34)45(37)46)39-21-22-40(48-36-18-17-35(26-36)47(39)48)42-28-58-52(60-42)44-10-8-24-64(44)54(66)50(30(3)4)62-56(68)70-6/h11-14,19-22,27-30,33-36,43-44,49-50H,7-10,15-18,23-26H2,1-6H3,(H,57,59)(H,58,60)(H,61,67)(H,62,68). The van der Waals surface area contributed by atoms with Gasteiger partial charge in [0.2, 0.25) is 11.8 Å². The lowest BCUT2D eigenvalue weighted by atomic mass is 9.77. The predicted octanol–water partition coefficient (Wildman–Crippen LogP) is 10.6. The Balaban J connectivity index is 0.863. The molecule has 5 aromatic rings. The van der Waals surface area contributed by atoms with Crippen LogP contribution in [0.3, 0.4) is 0 Å². The summed E-state index contributed by atoms with van der Waals surface area (Å²) in [5, 5.41) is 5.51. The van der Waals surface area contributed by atoms with Crippen molar-refractivity contribution in [3.8, 4) is 44.8 Å². The molecule has 2 aliphatic heterocycles. The van der Waals surface area contributed by atoms with Gasteiger partial charge < -0.3 is 39.9 Å². The lowest BCUT2D eigenvalue weighted by Gasteiger charge is -2.30. The number of aromatic amines is 2. The van der Waals surface area contributed by atoms with Gasteiger partial charge in [-0.15, -0.1) is 0 Å². The second kappa shape index (κ2) is 18.4. The first-order valence-electron chi connectivity index (χ1n) is 25.8. The van der Waals surface area contributed by atoms with Gasteiger partial charge in [-0.3, -0.25) is 9.59 Å². The molecule has 4 aliphatic carbocycles. The minimum Gasteiger partial charge on any atom is -0.453 e. The van der Waals surface area contributed by atoms with Gasteiger partial charge in [0.05, 0.1) is 50.1 Å². The molecule has 2 aromatic heterocycles. The van der Waals surface area contributed by atoms with E-state index in [-0.39, 0.29) is 35.7 Å². The largest absolute Gasteiger partial charge is 0.453 e. The molecule has 2 saturated heterocycles. The number of likely N-dealkylation sites (tertiary alicyclic amines) is 2. The van der Waals surface area contributed by atoms with E-state index in [0.29, 0.717) is 36.8 Å². The van der Waals surface area contributed by atoms with Crippen molar-refractivity contribution in [1.82, 2.24) is 40.4 Å². The highest BCUT2D eigenvalue weighted by molar-refractivity contribution is 5.88. The van der Waals surface area contributed by atoms with Gasteiger partial charge in [-0.1, -0.05) is 76.2 Å². The smallest absolute Gasteiger partial charge is 0.407 e. The van der Waals surface area contributed by atoms with Crippen LogP contribution < -0.4 is 10.6 Å². The van der Waals surface area contributed by atoms with E-state index in [1.807, 2.05) is 49.9 Å². The van der Waals surface area contributed by atoms with Crippen LogP contribution in [0.1, 0.15) is 162 Å². The Morgan fingerprint density at radius 3 is 1.41 bits per heavy atom. The molecule has 6 aliphatic rings. The van der Waals surface area contributed by atoms with Crippen molar-refractivity contribution >= 4 is 24.0 Å². The third-order valence-electron chi connectivity index (χ3n) is 16.8. The minimum atomic E-state index is -0.682. The van der Waals surface area contributed by atoms with Crippen LogP contribution in [0, 0.1) is 11.8 Å². The number of H-pyrrole nitrogens is 2. The third-order valence-corrected chi connectivity index (χ3v) is 16.8. The number of benzene rings is 3. The quantitative estimate of drug-likeness (QED) is 0.0956. The molecule has 4 N–H and O–H groups in total. The van der Waals surface area contributed by atoms with Crippen molar-refractivity contribution in [2.45, 2.75) is 140 Å². The number of aromatic nitrogens is 4. The molecule has 4 amide bonds. The molecule has 11 rings (SSSR count). The number of fused-ring (bicyclic) bond motifs is 10. The summed E-state index contributed by atoms with van der Waals surface area (Å²) < 4.78 is 9.67. The maximum absolute atomic E-state index is 13.9. The Labute approximate surface area is 410 Å². The van der Waals surface area contributed by atoms with E-state index in [0.717, 1.165) is 54.3 Å². The average molecular weight is 947 g/mol. The van der Waals surface area contributed by atoms with Crippen molar-refractivity contribution in [3.05, 3.63) is 94.8 Å². The van der Waals surface area contributed by atoms with E-state index in [4.69, 9.17) is 19.4 Å². The highest BCUT2D eigenvalue weighted by Crippen LogP contribution is 2.62. The summed E-state index contributed by atoms with van der Waals surface area (Å²) in [6, 6.07) is 16.7. The minimum absolute atomic E-state index is 0.0976. The summed E-state index contributed by atoms with van der Waals surface area (Å²) in [5.74, 6) is 3.31. The Hall–Kier alpha value is -6.44. The first kappa shape index (κ1) is 46.0. The second-order valence-corrected chi connectivity index (χ2v) is 21.4. The molecule has 0 spiro atoms. The van der Waals surface area contributed by atoms with Crippen molar-refractivity contribution in [2.75, 3.05) is 27.3 Å². The number of amides is 4. The maximum Gasteiger partial charge on any atom is 0.407 e. The number of ether oxygens (including phenoxy) is 2. The van der Waals surface area contributed by atoms with Crippen LogP contribution in [-0.2, 0) is 19.1 Å². The number of nitrogens with zero attached hydrogens (tertiary/aromatic N) is 4. The van der Waals surface area contributed by atoms with E-state index in [1.54, 1.807) is 5.56 Å². The topological polar surface area (TPSA) is 175 Å². The molecule has 366 valence electrons. The van der Waals surface area contributed by atoms with Crippen LogP contribution in [0.15, 0.2) is 60.9 Å². The summed E-state index contributed by atoms with van der Waals surface area (Å²) >= 11 is 0. The van der Waals surface area contributed by atoms with Crippen molar-refractivity contribution < 1.29 is 28.7 Å². The number of hydrogen-bond acceptors (Lipinski definition) is 8. The van der Waals surface area contributed by atoms with Crippen molar-refractivity contribution in [2.24, 2.45) is 11.8 Å². The fraction of sp³-hybridized carbons (Fsp3) is 0.500. The summed E-state index contributed by atoms with van der Waals surface area (Å²) in [7, 11) is 2.63. The molecule has 0 radical (unpaired) electrons. The second-order valence-electron chi connectivity index (χ2n) is 21.4. The first-order valence-corrected chi connectivity index (χ1v) is 25.8. The van der Waals surface area contributed by atoms with Crippen molar-refractivity contribution in [1.29, 1.82) is 0 Å². The van der Waals surface area contributed by atoms with Crippen LogP contribution >= 0.6 is 0 Å². The number of hydrogen-bond donors (Lipinski definition) is 4. The Kier molecular flexibility index (Phi) is 12.1. The molecule has 4 heterocycles. The summed E-state index contributed by atoms with van der Waals surface area (Å²) in [6.45, 7) is 8.95. The number of rotatable bonds is 12. The van der Waals surface area contributed by atoms with E-state index in [9.17, 15) is 19.2 Å². The zero-order chi connectivity index (χ0) is 48.5. The Bertz CT molecular complexity index is 2850. The lowest BCUT2D eigenvalue weighted by molar-refractivity contribution is -0.136. The predicted molar refractivity (Wildman–Crippen MR) is 267 cm³/mol. The van der Waals surface area contributed by atoms with Gasteiger partial charge in [0, 0.05) is 18.7 Å². The van der Waals surface area contributed by atoms with E-state index < -0.39 is 24.3 Å². The van der Waals surface area contributed by atoms with E-state index >= 15 is 0 Å². The lowest BCUT2D eigenvalue weighted by Crippen LogP contribution is -2.51. The van der Waals surface area contributed by atoms with Crippen LogP contribution in [0.25, 0.3) is 44.8 Å². The SMILES string of the molecule is COC(=O)NC(C(=O)N1CCCC1c1ncc(-c2ccc(-c3ccc(-c4ccc(-c5cnc(C6CCCN6C(=O)C(NC(=O)OC)C(C)C)[nH]5)c5c4C4CCC5C4)c4c3C3CCC4C3)cc2)[nH]1)C(C)C. The highest BCUT2D eigenvalue weighted by Gasteiger charge is 2.45. The molecule has 14 nitrogen and oxygen atoms in total. The number of carbonyl (C=O) groups excluding carboxylic acids is 4. The first-order chi connectivity index (χ1) is 33.9. The molecule has 70 heavy (non-hydrogen) atoms. The molecule has 14 heteroatoms. The summed E-state index contributed by atoms with van der Waals surface area (Å²) in [5.41, 5.74) is 15.7. The van der Waals surface area contributed by atoms with Crippen LogP contribution in [0.2, 0.25) is 0 Å². The van der Waals surface area contributed by atoms with Gasteiger partial charge in [-0.05, 0) is 150 Å². The zero-order valence-corrected chi connectivity index (χ0v) is 41.3. The van der Waals surface area contributed by atoms with Gasteiger partial charge in [-0.25, -0.2) is 19.6 Å². The van der Waals surface area contributed by atoms with Crippen molar-refractivity contribution in [3.63, 3.8) is 0 Å². The number of methoxy groups -OCH3 is 2. The van der Waals surface area contributed by atoms with Crippen LogP contribution in [-0.4, -0.2) is 93.1 Å². The van der Waals surface area contributed by atoms with Gasteiger partial charge in [-0.2, -0.15) is 0 Å². The fourth-order valence-corrected chi connectivity index (χ4v) is 13.5. The summed E-state index contributed by atoms with van der Waals surface area (Å²) in [6.07, 6.45) is 13.3. The van der Waals surface area contributed by atoms with Gasteiger partial charge in [0.15, 0.2) is 0 Å². The average Bonchev–Trinajstić information content (AvgIpc) is 4.23. The van der Waals surface area contributed by atoms with Crippen LogP contribution in [0.5, 0.6) is 0 Å². The Morgan fingerprint density at radius 2 is 0.943 bits per heavy atom. The van der Waals surface area contributed by atoms with Gasteiger partial charge in [0.1, 0.15) is 23.7 Å². The molecule has 8 unspecified atom stereocenters. The van der Waals surface area contributed by atoms with Gasteiger partial charge >= 0.3 is 12.2 Å². The fourth-order valence-electron chi connectivity index (χ4n) is 13.5. The molecule has 4 fully saturated rings. The molecule has 4 bridgehead atoms. The molecule has 3 aromatic carbocycles. The Morgan fingerprint density at radius 1 is 0.543 bits per heavy atom. The van der Waals surface area contributed by atoms with Gasteiger partial charge in [0.25, 0.3) is 0 Å². The number of nitrogens with one attached hydrogen (secondary N) is 4. The van der Waals surface area contributed by atoms with Crippen LogP contribution in [0.4, 0.5) is 9.59 Å². The normalized spacial score (nSPS) is 23.8. The number of carbonyl (C=O) groups is 4. The maximum atomic E-state index is 13.9. The molecule has 8 atom stereocenters. The van der Waals surface area contributed by atoms with E-state index in [2.05, 4.69) is 69.1 Å². The number of imidazole rings is 2. The molecule has 2 saturated carbocycles. The summed E-state index contributed by atoms with van der Waals surface area (Å²) in [4.78, 5) is 72.7. The zero-order valence-electron chi connectivity index (χ0n) is 41.3. The molecular formula is C56H66N8O6. The highest BCUT2D eigenvalue weighted by atomic mass is 16.5.